The molecule has 6 nitrogen and oxygen atoms in total. The lowest BCUT2D eigenvalue weighted by Gasteiger charge is -2.43. The highest BCUT2D eigenvalue weighted by molar-refractivity contribution is 6.04. The monoisotopic (exact) mass is 359 g/mol. The van der Waals surface area contributed by atoms with E-state index in [1.54, 1.807) is 13.8 Å². The van der Waals surface area contributed by atoms with Crippen LogP contribution in [0.25, 0.3) is 6.08 Å². The van der Waals surface area contributed by atoms with E-state index in [1.807, 2.05) is 42.5 Å². The summed E-state index contributed by atoms with van der Waals surface area (Å²) in [7, 11) is 0. The lowest BCUT2D eigenvalue weighted by Crippen LogP contribution is -2.62. The largest absolute Gasteiger partial charge is 0.464 e. The molecule has 0 aromatic heterocycles. The molecule has 0 bridgehead atoms. The number of esters is 2. The summed E-state index contributed by atoms with van der Waals surface area (Å²) in [5.74, 6) is -1.69. The minimum atomic E-state index is -1.31. The third kappa shape index (κ3) is 4.94. The summed E-state index contributed by atoms with van der Waals surface area (Å²) in [5.41, 5.74) is 1.10. The molecule has 140 valence electrons. The zero-order chi connectivity index (χ0) is 18.9. The van der Waals surface area contributed by atoms with Gasteiger partial charge in [0.05, 0.1) is 13.2 Å². The first kappa shape index (κ1) is 19.7. The zero-order valence-electron chi connectivity index (χ0n) is 15.2. The molecule has 6 heteroatoms. The summed E-state index contributed by atoms with van der Waals surface area (Å²) in [6.07, 6.45) is 5.78. The van der Waals surface area contributed by atoms with Crippen LogP contribution >= 0.6 is 0 Å². The summed E-state index contributed by atoms with van der Waals surface area (Å²) in [6, 6.07) is 8.44. The smallest absolute Gasteiger partial charge is 0.340 e. The molecule has 1 aliphatic heterocycles. The predicted octanol–water partition coefficient (Wildman–Crippen LogP) is 2.58. The Labute approximate surface area is 153 Å². The van der Waals surface area contributed by atoms with Gasteiger partial charge in [-0.2, -0.15) is 0 Å². The van der Waals surface area contributed by atoms with Gasteiger partial charge in [0.25, 0.3) is 0 Å². The van der Waals surface area contributed by atoms with Crippen molar-refractivity contribution in [2.45, 2.75) is 45.2 Å². The number of rotatable bonds is 9. The number of amides is 1. The van der Waals surface area contributed by atoms with E-state index in [-0.39, 0.29) is 25.2 Å². The van der Waals surface area contributed by atoms with Crippen molar-refractivity contribution in [1.82, 2.24) is 4.90 Å². The minimum absolute atomic E-state index is 0.140. The number of carbonyl (C=O) groups excluding carboxylic acids is 3. The maximum absolute atomic E-state index is 12.2. The first-order chi connectivity index (χ1) is 12.6. The molecule has 2 rings (SSSR count). The summed E-state index contributed by atoms with van der Waals surface area (Å²) in [5, 5.41) is 0. The van der Waals surface area contributed by atoms with Crippen LogP contribution in [0, 0.1) is 0 Å². The van der Waals surface area contributed by atoms with Crippen LogP contribution in [0.5, 0.6) is 0 Å². The third-order valence-electron chi connectivity index (χ3n) is 4.17. The predicted molar refractivity (Wildman–Crippen MR) is 97.0 cm³/mol. The number of hydrogen-bond donors (Lipinski definition) is 0. The van der Waals surface area contributed by atoms with Crippen molar-refractivity contribution in [3.8, 4) is 0 Å². The Balaban J connectivity index is 1.98. The topological polar surface area (TPSA) is 72.9 Å². The molecule has 0 N–H and O–H groups in total. The Morgan fingerprint density at radius 2 is 1.77 bits per heavy atom. The van der Waals surface area contributed by atoms with Crippen molar-refractivity contribution < 1.29 is 23.9 Å². The Morgan fingerprint density at radius 1 is 1.15 bits per heavy atom. The Morgan fingerprint density at radius 3 is 2.31 bits per heavy atom. The van der Waals surface area contributed by atoms with Crippen LogP contribution in [0.3, 0.4) is 0 Å². The fraction of sp³-hybridized carbons (Fsp3) is 0.450. The van der Waals surface area contributed by atoms with Crippen molar-refractivity contribution in [2.75, 3.05) is 13.2 Å². The lowest BCUT2D eigenvalue weighted by molar-refractivity contribution is -0.176. The molecular weight excluding hydrogens is 334 g/mol. The highest BCUT2D eigenvalue weighted by Gasteiger charge is 2.48. The molecule has 1 unspecified atom stereocenters. The number of β-lactam (4-membered cyclic amide) rings is 1. The van der Waals surface area contributed by atoms with Gasteiger partial charge in [-0.05, 0) is 32.3 Å². The Bertz CT molecular complexity index is 637. The molecule has 1 saturated heterocycles. The van der Waals surface area contributed by atoms with E-state index in [9.17, 15) is 14.4 Å². The van der Waals surface area contributed by atoms with Gasteiger partial charge in [0.1, 0.15) is 0 Å². The standard InChI is InChI=1S/C20H25NO5/c1-3-25-19(23)18(20(24)26-4-2)21-16(14-17(21)22)13-9-8-12-15-10-6-5-7-11-15/h5-8,10-12,16,18H,3-4,9,13-14H2,1-2H3/b12-8+. The van der Waals surface area contributed by atoms with Crippen molar-refractivity contribution in [2.24, 2.45) is 0 Å². The molecular formula is C20H25NO5. The number of hydrogen-bond acceptors (Lipinski definition) is 5. The molecule has 0 aliphatic carbocycles. The van der Waals surface area contributed by atoms with Gasteiger partial charge in [0.2, 0.25) is 11.9 Å². The van der Waals surface area contributed by atoms with Crippen LogP contribution in [0.15, 0.2) is 36.4 Å². The van der Waals surface area contributed by atoms with E-state index in [0.29, 0.717) is 12.8 Å². The maximum atomic E-state index is 12.2. The zero-order valence-corrected chi connectivity index (χ0v) is 15.2. The van der Waals surface area contributed by atoms with Crippen molar-refractivity contribution in [3.05, 3.63) is 42.0 Å². The molecule has 1 aromatic rings. The maximum Gasteiger partial charge on any atom is 0.340 e. The molecule has 1 heterocycles. The minimum Gasteiger partial charge on any atom is -0.464 e. The summed E-state index contributed by atoms with van der Waals surface area (Å²) >= 11 is 0. The third-order valence-corrected chi connectivity index (χ3v) is 4.17. The molecule has 0 spiro atoms. The van der Waals surface area contributed by atoms with Gasteiger partial charge >= 0.3 is 11.9 Å². The van der Waals surface area contributed by atoms with Crippen LogP contribution < -0.4 is 0 Å². The van der Waals surface area contributed by atoms with E-state index < -0.39 is 18.0 Å². The summed E-state index contributed by atoms with van der Waals surface area (Å²) in [6.45, 7) is 3.59. The van der Waals surface area contributed by atoms with Crippen LogP contribution in [-0.4, -0.2) is 48.0 Å². The Hall–Kier alpha value is -2.63. The molecule has 0 saturated carbocycles. The molecule has 1 fully saturated rings. The average Bonchev–Trinajstić information content (AvgIpc) is 2.63. The lowest BCUT2D eigenvalue weighted by atomic mass is 9.94. The van der Waals surface area contributed by atoms with Crippen molar-refractivity contribution in [3.63, 3.8) is 0 Å². The molecule has 1 aromatic carbocycles. The quantitative estimate of drug-likeness (QED) is 0.385. The van der Waals surface area contributed by atoms with Gasteiger partial charge in [0, 0.05) is 12.5 Å². The second-order valence-corrected chi connectivity index (χ2v) is 5.96. The Kier molecular flexibility index (Phi) is 7.38. The fourth-order valence-electron chi connectivity index (χ4n) is 2.93. The van der Waals surface area contributed by atoms with Crippen LogP contribution in [-0.2, 0) is 23.9 Å². The second kappa shape index (κ2) is 9.75. The van der Waals surface area contributed by atoms with Crippen LogP contribution in [0.4, 0.5) is 0 Å². The fourth-order valence-corrected chi connectivity index (χ4v) is 2.93. The molecule has 1 aliphatic rings. The average molecular weight is 359 g/mol. The van der Waals surface area contributed by atoms with Gasteiger partial charge in [0.15, 0.2) is 0 Å². The first-order valence-corrected chi connectivity index (χ1v) is 8.94. The molecule has 0 radical (unpaired) electrons. The number of nitrogens with zero attached hydrogens (tertiary/aromatic N) is 1. The van der Waals surface area contributed by atoms with E-state index in [4.69, 9.17) is 9.47 Å². The summed E-state index contributed by atoms with van der Waals surface area (Å²) < 4.78 is 9.92. The molecule has 1 atom stereocenters. The normalized spacial score (nSPS) is 16.7. The summed E-state index contributed by atoms with van der Waals surface area (Å²) in [4.78, 5) is 37.7. The second-order valence-electron chi connectivity index (χ2n) is 5.96. The highest BCUT2D eigenvalue weighted by Crippen LogP contribution is 2.28. The van der Waals surface area contributed by atoms with Crippen LogP contribution in [0.2, 0.25) is 0 Å². The SMILES string of the molecule is CCOC(=O)C(C(=O)OCC)N1C(=O)CC1CC/C=C/c1ccccc1. The van der Waals surface area contributed by atoms with Gasteiger partial charge < -0.3 is 14.4 Å². The van der Waals surface area contributed by atoms with Gasteiger partial charge in [-0.25, -0.2) is 9.59 Å². The number of likely N-dealkylation sites (tertiary alicyclic amines) is 1. The number of ether oxygens (including phenoxy) is 2. The van der Waals surface area contributed by atoms with Crippen molar-refractivity contribution >= 4 is 23.9 Å². The van der Waals surface area contributed by atoms with Crippen LogP contribution in [0.1, 0.15) is 38.7 Å². The van der Waals surface area contributed by atoms with E-state index in [0.717, 1.165) is 12.0 Å². The van der Waals surface area contributed by atoms with Crippen molar-refractivity contribution in [1.29, 1.82) is 0 Å². The number of carbonyl (C=O) groups is 3. The van der Waals surface area contributed by atoms with E-state index >= 15 is 0 Å². The number of allylic oxidation sites excluding steroid dienone is 1. The highest BCUT2D eigenvalue weighted by atomic mass is 16.6. The molecule has 1 amide bonds. The van der Waals surface area contributed by atoms with E-state index in [2.05, 4.69) is 0 Å². The van der Waals surface area contributed by atoms with Gasteiger partial charge in [-0.15, -0.1) is 0 Å². The van der Waals surface area contributed by atoms with Gasteiger partial charge in [-0.3, -0.25) is 4.79 Å². The first-order valence-electron chi connectivity index (χ1n) is 8.94. The van der Waals surface area contributed by atoms with E-state index in [1.165, 1.54) is 4.90 Å². The number of benzene rings is 1. The van der Waals surface area contributed by atoms with Gasteiger partial charge in [-0.1, -0.05) is 42.5 Å². The molecule has 26 heavy (non-hydrogen) atoms.